The lowest BCUT2D eigenvalue weighted by Crippen LogP contribution is -2.50. The van der Waals surface area contributed by atoms with Crippen LogP contribution in [0, 0.1) is 6.92 Å². The highest BCUT2D eigenvalue weighted by Crippen LogP contribution is 2.32. The maximum Gasteiger partial charge on any atom is 0.265 e. The number of thiophene rings is 1. The van der Waals surface area contributed by atoms with Gasteiger partial charge in [-0.2, -0.15) is 5.10 Å². The summed E-state index contributed by atoms with van der Waals surface area (Å²) in [6, 6.07) is 15.0. The molecule has 1 aliphatic rings. The Hall–Kier alpha value is -3.39. The number of carbonyl (C=O) groups is 2. The molecule has 1 aromatic carbocycles. The van der Waals surface area contributed by atoms with Crippen LogP contribution in [0.1, 0.15) is 60.2 Å². The van der Waals surface area contributed by atoms with Crippen molar-refractivity contribution >= 4 is 33.4 Å². The van der Waals surface area contributed by atoms with Crippen LogP contribution >= 0.6 is 11.3 Å². The Balaban J connectivity index is 1.44. The molecular weight excluding hydrogens is 460 g/mol. The highest BCUT2D eigenvalue weighted by Gasteiger charge is 2.31. The number of para-hydroxylation sites is 1. The molecule has 0 spiro atoms. The summed E-state index contributed by atoms with van der Waals surface area (Å²) in [6.45, 7) is 3.97. The number of hydrogen-bond acceptors (Lipinski definition) is 5. The quantitative estimate of drug-likeness (QED) is 0.373. The van der Waals surface area contributed by atoms with Crippen molar-refractivity contribution in [3.63, 3.8) is 0 Å². The number of hydrogen-bond donors (Lipinski definition) is 1. The molecular formula is C27H30N4O3S. The van der Waals surface area contributed by atoms with Gasteiger partial charge < -0.3 is 14.6 Å². The van der Waals surface area contributed by atoms with Gasteiger partial charge >= 0.3 is 0 Å². The van der Waals surface area contributed by atoms with Crippen molar-refractivity contribution in [2.45, 2.75) is 64.6 Å². The molecule has 0 saturated heterocycles. The Morgan fingerprint density at radius 2 is 1.94 bits per heavy atom. The molecule has 3 aromatic heterocycles. The summed E-state index contributed by atoms with van der Waals surface area (Å²) in [6.07, 6.45) is 7.06. The number of carbonyl (C=O) groups excluding carboxylic acids is 2. The zero-order valence-corrected chi connectivity index (χ0v) is 20.9. The first kappa shape index (κ1) is 23.4. The third-order valence-electron chi connectivity index (χ3n) is 6.72. The Morgan fingerprint density at radius 1 is 1.17 bits per heavy atom. The lowest BCUT2D eigenvalue weighted by molar-refractivity contribution is -0.126. The number of furan rings is 1. The Labute approximate surface area is 208 Å². The molecule has 4 aromatic rings. The number of nitrogens with one attached hydrogen (secondary N) is 1. The molecule has 35 heavy (non-hydrogen) atoms. The molecule has 2 amide bonds. The van der Waals surface area contributed by atoms with Gasteiger partial charge in [0, 0.05) is 11.4 Å². The molecule has 3 heterocycles. The largest absolute Gasteiger partial charge is 0.467 e. The number of aryl methyl sites for hydroxylation is 1. The van der Waals surface area contributed by atoms with Crippen molar-refractivity contribution in [3.8, 4) is 5.69 Å². The first-order valence-corrected chi connectivity index (χ1v) is 13.0. The zero-order chi connectivity index (χ0) is 24.4. The molecule has 1 atom stereocenters. The maximum atomic E-state index is 13.8. The van der Waals surface area contributed by atoms with Gasteiger partial charge in [-0.15, -0.1) is 11.3 Å². The molecule has 0 unspecified atom stereocenters. The highest BCUT2D eigenvalue weighted by molar-refractivity contribution is 7.20. The van der Waals surface area contributed by atoms with Crippen molar-refractivity contribution in [3.05, 3.63) is 71.1 Å². The van der Waals surface area contributed by atoms with Gasteiger partial charge in [0.25, 0.3) is 5.91 Å². The van der Waals surface area contributed by atoms with E-state index in [1.54, 1.807) is 24.2 Å². The lowest BCUT2D eigenvalue weighted by Gasteiger charge is -2.30. The van der Waals surface area contributed by atoms with Gasteiger partial charge in [0.05, 0.1) is 29.1 Å². The first-order valence-electron chi connectivity index (χ1n) is 12.2. The third-order valence-corrected chi connectivity index (χ3v) is 7.82. The molecule has 0 aliphatic heterocycles. The van der Waals surface area contributed by atoms with Gasteiger partial charge in [0.15, 0.2) is 0 Å². The van der Waals surface area contributed by atoms with E-state index >= 15 is 0 Å². The number of nitrogens with zero attached hydrogens (tertiary/aromatic N) is 3. The smallest absolute Gasteiger partial charge is 0.265 e. The molecule has 8 heteroatoms. The van der Waals surface area contributed by atoms with Gasteiger partial charge in [-0.25, -0.2) is 4.68 Å². The number of amides is 2. The molecule has 5 rings (SSSR count). The van der Waals surface area contributed by atoms with Gasteiger partial charge in [-0.1, -0.05) is 37.5 Å². The van der Waals surface area contributed by atoms with Gasteiger partial charge in [-0.05, 0) is 57.0 Å². The van der Waals surface area contributed by atoms with Crippen molar-refractivity contribution < 1.29 is 14.0 Å². The fourth-order valence-electron chi connectivity index (χ4n) is 4.70. The second-order valence-electron chi connectivity index (χ2n) is 9.19. The molecule has 1 fully saturated rings. The summed E-state index contributed by atoms with van der Waals surface area (Å²) in [5, 5.41) is 8.79. The van der Waals surface area contributed by atoms with E-state index in [9.17, 15) is 9.59 Å². The maximum absolute atomic E-state index is 13.8. The topological polar surface area (TPSA) is 80.4 Å². The van der Waals surface area contributed by atoms with E-state index in [1.165, 1.54) is 17.8 Å². The second-order valence-corrected chi connectivity index (χ2v) is 10.2. The van der Waals surface area contributed by atoms with Crippen LogP contribution in [0.5, 0.6) is 0 Å². The van der Waals surface area contributed by atoms with Crippen LogP contribution in [-0.4, -0.2) is 38.6 Å². The van der Waals surface area contributed by atoms with E-state index in [1.807, 2.05) is 54.1 Å². The van der Waals surface area contributed by atoms with Crippen LogP contribution in [0.25, 0.3) is 15.9 Å². The van der Waals surface area contributed by atoms with E-state index in [0.29, 0.717) is 10.6 Å². The zero-order valence-electron chi connectivity index (χ0n) is 20.1. The second kappa shape index (κ2) is 10.1. The predicted octanol–water partition coefficient (Wildman–Crippen LogP) is 5.47. The van der Waals surface area contributed by atoms with E-state index in [2.05, 4.69) is 10.4 Å². The Kier molecular flexibility index (Phi) is 6.72. The Bertz CT molecular complexity index is 1300. The van der Waals surface area contributed by atoms with E-state index < -0.39 is 6.04 Å². The summed E-state index contributed by atoms with van der Waals surface area (Å²) in [5.74, 6) is 0.334. The molecule has 0 radical (unpaired) electrons. The van der Waals surface area contributed by atoms with Crippen LogP contribution in [0.2, 0.25) is 0 Å². The molecule has 1 N–H and O–H groups in total. The fraction of sp³-hybridized carbons (Fsp3) is 0.370. The number of benzene rings is 1. The summed E-state index contributed by atoms with van der Waals surface area (Å²) in [7, 11) is 0. The monoisotopic (exact) mass is 490 g/mol. The summed E-state index contributed by atoms with van der Waals surface area (Å²) >= 11 is 1.40. The van der Waals surface area contributed by atoms with Crippen LogP contribution in [0.3, 0.4) is 0 Å². The van der Waals surface area contributed by atoms with Gasteiger partial charge in [0.1, 0.15) is 16.6 Å². The van der Waals surface area contributed by atoms with E-state index in [4.69, 9.17) is 4.42 Å². The predicted molar refractivity (Wildman–Crippen MR) is 137 cm³/mol. The van der Waals surface area contributed by atoms with E-state index in [0.717, 1.165) is 47.3 Å². The fourth-order valence-corrected chi connectivity index (χ4v) is 5.84. The third kappa shape index (κ3) is 4.89. The summed E-state index contributed by atoms with van der Waals surface area (Å²) in [4.78, 5) is 30.1. The Morgan fingerprint density at radius 3 is 2.66 bits per heavy atom. The minimum atomic E-state index is -0.633. The average Bonchev–Trinajstić information content (AvgIpc) is 3.62. The number of aromatic nitrogens is 2. The molecule has 1 saturated carbocycles. The minimum Gasteiger partial charge on any atom is -0.467 e. The van der Waals surface area contributed by atoms with Gasteiger partial charge in [0.2, 0.25) is 5.91 Å². The summed E-state index contributed by atoms with van der Waals surface area (Å²) in [5.41, 5.74) is 1.80. The standard InChI is InChI=1S/C27H30N4O3S/c1-18-23-16-24(35-27(23)31(29-18)21-12-7-4-8-13-21)26(33)30(17-22-14-9-15-34-22)19(2)25(32)28-20-10-5-3-6-11-20/h4,7-9,12-16,19-20H,3,5-6,10-11,17H2,1-2H3,(H,28,32)/t19-/m1/s1. The summed E-state index contributed by atoms with van der Waals surface area (Å²) < 4.78 is 7.41. The minimum absolute atomic E-state index is 0.121. The van der Waals surface area contributed by atoms with Crippen LogP contribution in [0.15, 0.2) is 59.2 Å². The number of rotatable bonds is 7. The number of fused-ring (bicyclic) bond motifs is 1. The molecule has 1 aliphatic carbocycles. The van der Waals surface area contributed by atoms with Crippen molar-refractivity contribution in [2.75, 3.05) is 0 Å². The van der Waals surface area contributed by atoms with Crippen molar-refractivity contribution in [1.29, 1.82) is 0 Å². The average molecular weight is 491 g/mol. The van der Waals surface area contributed by atoms with Crippen molar-refractivity contribution in [1.82, 2.24) is 20.0 Å². The molecule has 0 bridgehead atoms. The van der Waals surface area contributed by atoms with Gasteiger partial charge in [-0.3, -0.25) is 9.59 Å². The van der Waals surface area contributed by atoms with Crippen LogP contribution in [0.4, 0.5) is 0 Å². The van der Waals surface area contributed by atoms with Crippen LogP contribution < -0.4 is 5.32 Å². The normalized spacial score (nSPS) is 15.3. The highest BCUT2D eigenvalue weighted by atomic mass is 32.1. The SMILES string of the molecule is Cc1nn(-c2ccccc2)c2sc(C(=O)N(Cc3ccco3)[C@H](C)C(=O)NC3CCCCC3)cc12. The van der Waals surface area contributed by atoms with Crippen LogP contribution in [-0.2, 0) is 11.3 Å². The lowest BCUT2D eigenvalue weighted by atomic mass is 9.95. The molecule has 7 nitrogen and oxygen atoms in total. The van der Waals surface area contributed by atoms with E-state index in [-0.39, 0.29) is 24.4 Å². The van der Waals surface area contributed by atoms with Crippen molar-refractivity contribution in [2.24, 2.45) is 0 Å². The molecule has 182 valence electrons. The first-order chi connectivity index (χ1) is 17.0.